The maximum atomic E-state index is 13.4. The third-order valence-electron chi connectivity index (χ3n) is 2.90. The standard InChI is InChI=1S/C10H10F9NO3S/c11-7(12,9(15,16)17)8(13,14)10(18,19)24(21,22)23-6-2-1-4-20-5-3-6/h3,20H,1-2,4-5H2. The molecule has 1 rings (SSSR count). The second-order valence-electron chi connectivity index (χ2n) is 4.68. The van der Waals surface area contributed by atoms with Crippen LogP contribution in [0.5, 0.6) is 0 Å². The molecule has 0 aromatic carbocycles. The molecule has 0 bridgehead atoms. The molecule has 1 aliphatic rings. The second-order valence-corrected chi connectivity index (χ2v) is 6.27. The molecule has 0 aliphatic carbocycles. The van der Waals surface area contributed by atoms with Crippen LogP contribution in [0.2, 0.25) is 0 Å². The SMILES string of the molecule is O=S(=O)(OC1=CCNCCC1)C(F)(F)C(F)(F)C(F)(F)C(F)(F)F. The van der Waals surface area contributed by atoms with Gasteiger partial charge in [0, 0.05) is 13.0 Å². The number of rotatable bonds is 5. The van der Waals surface area contributed by atoms with Crippen LogP contribution >= 0.6 is 0 Å². The van der Waals surface area contributed by atoms with Gasteiger partial charge < -0.3 is 9.50 Å². The summed E-state index contributed by atoms with van der Waals surface area (Å²) in [6, 6.07) is 0. The minimum absolute atomic E-state index is 0.106. The average molecular weight is 395 g/mol. The first-order chi connectivity index (χ1) is 10.6. The van der Waals surface area contributed by atoms with Crippen LogP contribution in [-0.4, -0.2) is 44.8 Å². The predicted molar refractivity (Wildman–Crippen MR) is 61.1 cm³/mol. The normalized spacial score (nSPS) is 18.8. The smallest absolute Gasteiger partial charge is 0.383 e. The van der Waals surface area contributed by atoms with E-state index in [0.717, 1.165) is 6.08 Å². The highest BCUT2D eigenvalue weighted by molar-refractivity contribution is 7.88. The van der Waals surface area contributed by atoms with Crippen LogP contribution in [0.1, 0.15) is 12.8 Å². The van der Waals surface area contributed by atoms with Gasteiger partial charge in [-0.05, 0) is 19.0 Å². The molecule has 0 saturated carbocycles. The Morgan fingerprint density at radius 3 is 2.00 bits per heavy atom. The average Bonchev–Trinajstić information content (AvgIpc) is 2.64. The molecule has 0 radical (unpaired) electrons. The van der Waals surface area contributed by atoms with Crippen LogP contribution in [0, 0.1) is 0 Å². The molecule has 0 saturated heterocycles. The fraction of sp³-hybridized carbons (Fsp3) is 0.800. The zero-order valence-electron chi connectivity index (χ0n) is 11.4. The van der Waals surface area contributed by atoms with E-state index >= 15 is 0 Å². The Hall–Kier alpha value is -1.18. The molecule has 142 valence electrons. The van der Waals surface area contributed by atoms with E-state index in [-0.39, 0.29) is 25.9 Å². The Labute approximate surface area is 129 Å². The van der Waals surface area contributed by atoms with E-state index in [0.29, 0.717) is 0 Å². The Bertz CT molecular complexity index is 597. The minimum Gasteiger partial charge on any atom is -0.383 e. The van der Waals surface area contributed by atoms with Gasteiger partial charge in [0.05, 0.1) is 0 Å². The van der Waals surface area contributed by atoms with Crippen molar-refractivity contribution in [3.05, 3.63) is 11.8 Å². The Morgan fingerprint density at radius 1 is 0.958 bits per heavy atom. The Kier molecular flexibility index (Phi) is 5.46. The molecule has 0 atom stereocenters. The van der Waals surface area contributed by atoms with Crippen molar-refractivity contribution in [2.75, 3.05) is 13.1 Å². The van der Waals surface area contributed by atoms with E-state index in [1.807, 2.05) is 0 Å². The summed E-state index contributed by atoms with van der Waals surface area (Å²) in [6.07, 6.45) is -6.45. The number of halogens is 9. The van der Waals surface area contributed by atoms with Crippen LogP contribution in [0.25, 0.3) is 0 Å². The van der Waals surface area contributed by atoms with Crippen molar-refractivity contribution in [2.24, 2.45) is 0 Å². The Morgan fingerprint density at radius 2 is 1.50 bits per heavy atom. The first-order valence-corrected chi connectivity index (χ1v) is 7.52. The number of nitrogens with one attached hydrogen (secondary N) is 1. The predicted octanol–water partition coefficient (Wildman–Crippen LogP) is 3.03. The van der Waals surface area contributed by atoms with Crippen LogP contribution in [-0.2, 0) is 14.3 Å². The van der Waals surface area contributed by atoms with E-state index in [1.54, 1.807) is 0 Å². The molecule has 1 N–H and O–H groups in total. The van der Waals surface area contributed by atoms with Crippen molar-refractivity contribution in [2.45, 2.75) is 36.1 Å². The summed E-state index contributed by atoms with van der Waals surface area (Å²) in [5.41, 5.74) is 0. The highest BCUT2D eigenvalue weighted by atomic mass is 32.2. The first-order valence-electron chi connectivity index (χ1n) is 6.12. The van der Waals surface area contributed by atoms with Gasteiger partial charge in [-0.2, -0.15) is 47.9 Å². The van der Waals surface area contributed by atoms with Gasteiger partial charge in [-0.1, -0.05) is 0 Å². The molecule has 14 heteroatoms. The molecule has 24 heavy (non-hydrogen) atoms. The van der Waals surface area contributed by atoms with Crippen molar-refractivity contribution in [1.29, 1.82) is 0 Å². The van der Waals surface area contributed by atoms with Crippen molar-refractivity contribution < 1.29 is 52.1 Å². The molecule has 1 aliphatic heterocycles. The lowest BCUT2D eigenvalue weighted by atomic mass is 10.1. The molecule has 0 spiro atoms. The van der Waals surface area contributed by atoms with Crippen LogP contribution in [0.3, 0.4) is 0 Å². The minimum atomic E-state index is -7.31. The molecular weight excluding hydrogens is 385 g/mol. The zero-order valence-corrected chi connectivity index (χ0v) is 12.3. The third kappa shape index (κ3) is 3.43. The zero-order chi connectivity index (χ0) is 19.0. The highest BCUT2D eigenvalue weighted by Gasteiger charge is 2.86. The number of hydrogen-bond donors (Lipinski definition) is 1. The summed E-state index contributed by atoms with van der Waals surface area (Å²) < 4.78 is 140. The van der Waals surface area contributed by atoms with E-state index in [2.05, 4.69) is 9.50 Å². The van der Waals surface area contributed by atoms with Gasteiger partial charge in [0.2, 0.25) is 0 Å². The third-order valence-corrected chi connectivity index (χ3v) is 4.22. The second kappa shape index (κ2) is 6.28. The van der Waals surface area contributed by atoms with Gasteiger partial charge in [-0.15, -0.1) is 0 Å². The van der Waals surface area contributed by atoms with Crippen LogP contribution in [0.4, 0.5) is 39.5 Å². The lowest BCUT2D eigenvalue weighted by Gasteiger charge is -2.32. The molecule has 0 aromatic heterocycles. The summed E-state index contributed by atoms with van der Waals surface area (Å²) in [7, 11) is -6.84. The molecule has 0 aromatic rings. The van der Waals surface area contributed by atoms with E-state index in [4.69, 9.17) is 0 Å². The van der Waals surface area contributed by atoms with E-state index in [9.17, 15) is 47.9 Å². The van der Waals surface area contributed by atoms with E-state index < -0.39 is 39.2 Å². The van der Waals surface area contributed by atoms with Crippen LogP contribution < -0.4 is 5.32 Å². The lowest BCUT2D eigenvalue weighted by molar-refractivity contribution is -0.382. The van der Waals surface area contributed by atoms with Crippen molar-refractivity contribution in [3.8, 4) is 0 Å². The Balaban J connectivity index is 3.22. The molecule has 0 amide bonds. The summed E-state index contributed by atoms with van der Waals surface area (Å²) in [5, 5.41) is -4.21. The van der Waals surface area contributed by atoms with Gasteiger partial charge in [-0.25, -0.2) is 0 Å². The number of hydrogen-bond acceptors (Lipinski definition) is 4. The van der Waals surface area contributed by atoms with Gasteiger partial charge in [0.15, 0.2) is 0 Å². The monoisotopic (exact) mass is 395 g/mol. The van der Waals surface area contributed by atoms with Gasteiger partial charge in [0.1, 0.15) is 5.76 Å². The summed E-state index contributed by atoms with van der Waals surface area (Å²) >= 11 is 0. The molecule has 0 fully saturated rings. The van der Waals surface area contributed by atoms with Crippen LogP contribution in [0.15, 0.2) is 11.8 Å². The van der Waals surface area contributed by atoms with Crippen molar-refractivity contribution >= 4 is 10.1 Å². The van der Waals surface area contributed by atoms with Crippen molar-refractivity contribution in [1.82, 2.24) is 5.32 Å². The molecule has 4 nitrogen and oxygen atoms in total. The number of allylic oxidation sites excluding steroid dienone is 1. The largest absolute Gasteiger partial charge is 0.460 e. The van der Waals surface area contributed by atoms with Gasteiger partial charge in [-0.3, -0.25) is 0 Å². The summed E-state index contributed by atoms with van der Waals surface area (Å²) in [6.45, 7) is 0.174. The first kappa shape index (κ1) is 20.9. The topological polar surface area (TPSA) is 55.4 Å². The van der Waals surface area contributed by atoms with Gasteiger partial charge >= 0.3 is 33.4 Å². The lowest BCUT2D eigenvalue weighted by Crippen LogP contribution is -2.63. The summed E-state index contributed by atoms with van der Waals surface area (Å²) in [4.78, 5) is 0. The molecular formula is C10H10F9NO3S. The fourth-order valence-corrected chi connectivity index (χ4v) is 2.54. The van der Waals surface area contributed by atoms with Gasteiger partial charge in [0.25, 0.3) is 0 Å². The van der Waals surface area contributed by atoms with E-state index in [1.165, 1.54) is 0 Å². The fourth-order valence-electron chi connectivity index (χ4n) is 1.56. The summed E-state index contributed by atoms with van der Waals surface area (Å²) in [5.74, 6) is -15.4. The maximum Gasteiger partial charge on any atom is 0.460 e. The molecule has 1 heterocycles. The highest BCUT2D eigenvalue weighted by Crippen LogP contribution is 2.55. The quantitative estimate of drug-likeness (QED) is 0.575. The maximum absolute atomic E-state index is 13.4. The number of alkyl halides is 9. The molecule has 0 unspecified atom stereocenters. The van der Waals surface area contributed by atoms with Crippen molar-refractivity contribution in [3.63, 3.8) is 0 Å².